The molecule has 4 rings (SSSR count). The maximum Gasteiger partial charge on any atom is 0.327 e. The van der Waals surface area contributed by atoms with E-state index in [2.05, 4.69) is 15.3 Å². The van der Waals surface area contributed by atoms with Crippen LogP contribution in [0.25, 0.3) is 22.2 Å². The van der Waals surface area contributed by atoms with Gasteiger partial charge in [-0.15, -0.1) is 0 Å². The Morgan fingerprint density at radius 2 is 1.75 bits per heavy atom. The Labute approximate surface area is 183 Å². The van der Waals surface area contributed by atoms with Crippen molar-refractivity contribution in [2.45, 2.75) is 6.54 Å². The topological polar surface area (TPSA) is 125 Å². The number of carbonyl (C=O) groups is 1. The summed E-state index contributed by atoms with van der Waals surface area (Å²) in [4.78, 5) is 30.9. The van der Waals surface area contributed by atoms with Crippen molar-refractivity contribution in [1.29, 1.82) is 5.41 Å². The summed E-state index contributed by atoms with van der Waals surface area (Å²) < 4.78 is 11.8. The molecule has 2 aromatic heterocycles. The molecule has 9 nitrogen and oxygen atoms in total. The molecule has 0 spiro atoms. The lowest BCUT2D eigenvalue weighted by Gasteiger charge is -2.12. The van der Waals surface area contributed by atoms with Crippen molar-refractivity contribution in [2.24, 2.45) is 0 Å². The normalized spacial score (nSPS) is 10.8. The number of hydrogen-bond donors (Lipinski definition) is 4. The molecule has 9 heteroatoms. The van der Waals surface area contributed by atoms with E-state index >= 15 is 0 Å². The van der Waals surface area contributed by atoms with Crippen LogP contribution >= 0.6 is 0 Å². The fraction of sp³-hybridized carbons (Fsp3) is 0.174. The van der Waals surface area contributed by atoms with Crippen LogP contribution in [-0.2, 0) is 6.54 Å². The molecule has 0 aliphatic rings. The number of aromatic amines is 2. The third-order valence-electron chi connectivity index (χ3n) is 5.17. The van der Waals surface area contributed by atoms with Gasteiger partial charge in [0.25, 0.3) is 5.91 Å². The number of benzene rings is 2. The van der Waals surface area contributed by atoms with Crippen molar-refractivity contribution in [3.05, 3.63) is 76.3 Å². The minimum absolute atomic E-state index is 0.0187. The van der Waals surface area contributed by atoms with Crippen LogP contribution in [0.15, 0.2) is 59.4 Å². The maximum atomic E-state index is 12.5. The summed E-state index contributed by atoms with van der Waals surface area (Å²) in [7, 11) is 3.01. The molecule has 2 heterocycles. The van der Waals surface area contributed by atoms with Crippen LogP contribution in [0.5, 0.6) is 11.5 Å². The van der Waals surface area contributed by atoms with Crippen molar-refractivity contribution >= 4 is 16.8 Å². The maximum absolute atomic E-state index is 12.5. The Bertz CT molecular complexity index is 1390. The van der Waals surface area contributed by atoms with E-state index in [1.54, 1.807) is 18.2 Å². The number of ether oxygens (including phenoxy) is 2. The highest BCUT2D eigenvalue weighted by atomic mass is 16.5. The van der Waals surface area contributed by atoms with E-state index in [4.69, 9.17) is 14.9 Å². The number of fused-ring (bicyclic) bond motifs is 1. The van der Waals surface area contributed by atoms with Crippen molar-refractivity contribution in [3.63, 3.8) is 0 Å². The molecule has 0 radical (unpaired) electrons. The second-order valence-electron chi connectivity index (χ2n) is 7.09. The molecule has 0 fully saturated rings. The number of hydrogen-bond acceptors (Lipinski definition) is 5. The fourth-order valence-electron chi connectivity index (χ4n) is 3.51. The summed E-state index contributed by atoms with van der Waals surface area (Å²) in [6, 6.07) is 16.5. The van der Waals surface area contributed by atoms with Crippen LogP contribution in [0.4, 0.5) is 0 Å². The molecule has 0 bridgehead atoms. The molecule has 0 saturated heterocycles. The fourth-order valence-corrected chi connectivity index (χ4v) is 3.51. The molecule has 2 aromatic carbocycles. The first-order valence-electron chi connectivity index (χ1n) is 9.98. The van der Waals surface area contributed by atoms with E-state index in [1.165, 1.54) is 18.8 Å². The highest BCUT2D eigenvalue weighted by molar-refractivity contribution is 5.93. The second-order valence-corrected chi connectivity index (χ2v) is 7.09. The zero-order valence-corrected chi connectivity index (χ0v) is 17.7. The van der Waals surface area contributed by atoms with Gasteiger partial charge in [-0.05, 0) is 23.8 Å². The molecule has 164 valence electrons. The number of rotatable bonds is 7. The van der Waals surface area contributed by atoms with Gasteiger partial charge in [-0.25, -0.2) is 4.79 Å². The van der Waals surface area contributed by atoms with Gasteiger partial charge in [0.15, 0.2) is 11.5 Å². The summed E-state index contributed by atoms with van der Waals surface area (Å²) in [6.07, 6.45) is 0. The van der Waals surface area contributed by atoms with Gasteiger partial charge in [-0.3, -0.25) is 14.8 Å². The first kappa shape index (κ1) is 21.0. The predicted octanol–water partition coefficient (Wildman–Crippen LogP) is 2.25. The Hall–Kier alpha value is -4.27. The van der Waals surface area contributed by atoms with E-state index in [9.17, 15) is 9.59 Å². The summed E-state index contributed by atoms with van der Waals surface area (Å²) in [5.74, 6) is 0.630. The highest BCUT2D eigenvalue weighted by Crippen LogP contribution is 2.29. The summed E-state index contributed by atoms with van der Waals surface area (Å²) in [5.41, 5.74) is 2.28. The molecule has 0 atom stereocenters. The smallest absolute Gasteiger partial charge is 0.327 e. The Morgan fingerprint density at radius 3 is 2.47 bits per heavy atom. The Balaban J connectivity index is 1.50. The molecular weight excluding hydrogens is 410 g/mol. The van der Waals surface area contributed by atoms with Crippen molar-refractivity contribution in [2.75, 3.05) is 20.8 Å². The molecule has 0 saturated carbocycles. The standard InChI is InChI=1S/C23H23N5O4/c1-31-19-12-15-18(13-20(19)32-2)27-23(30)28(21(15)24)11-10-25-22(29)17-9-8-16(26-17)14-6-4-3-5-7-14/h3-9,12-13,24,26H,10-11H2,1-2H3,(H,25,29)(H,27,30). The van der Waals surface area contributed by atoms with Gasteiger partial charge in [0.05, 0.1) is 19.7 Å². The molecule has 32 heavy (non-hydrogen) atoms. The first-order chi connectivity index (χ1) is 15.5. The first-order valence-corrected chi connectivity index (χ1v) is 9.98. The number of aromatic nitrogens is 3. The molecule has 1 amide bonds. The Kier molecular flexibility index (Phi) is 5.80. The van der Waals surface area contributed by atoms with E-state index in [1.807, 2.05) is 36.4 Å². The molecule has 0 aliphatic heterocycles. The summed E-state index contributed by atoms with van der Waals surface area (Å²) in [5, 5.41) is 11.7. The van der Waals surface area contributed by atoms with E-state index in [-0.39, 0.29) is 24.5 Å². The zero-order chi connectivity index (χ0) is 22.7. The van der Waals surface area contributed by atoms with Crippen molar-refractivity contribution in [1.82, 2.24) is 19.9 Å². The quantitative estimate of drug-likeness (QED) is 0.357. The molecule has 0 aliphatic carbocycles. The second kappa shape index (κ2) is 8.84. The van der Waals surface area contributed by atoms with Gasteiger partial charge in [-0.2, -0.15) is 0 Å². The van der Waals surface area contributed by atoms with E-state index < -0.39 is 5.69 Å². The third kappa shape index (κ3) is 4.00. The average molecular weight is 433 g/mol. The largest absolute Gasteiger partial charge is 0.493 e. The lowest BCUT2D eigenvalue weighted by Crippen LogP contribution is -2.39. The van der Waals surface area contributed by atoms with Crippen LogP contribution in [0.1, 0.15) is 10.5 Å². The van der Waals surface area contributed by atoms with Gasteiger partial charge >= 0.3 is 5.69 Å². The number of nitrogens with one attached hydrogen (secondary N) is 4. The monoisotopic (exact) mass is 433 g/mol. The number of H-pyrrole nitrogens is 2. The molecular formula is C23H23N5O4. The van der Waals surface area contributed by atoms with Crippen molar-refractivity contribution in [3.8, 4) is 22.8 Å². The Morgan fingerprint density at radius 1 is 1.03 bits per heavy atom. The molecule has 4 N–H and O–H groups in total. The minimum atomic E-state index is -0.449. The SMILES string of the molecule is COc1cc2[nH]c(=O)n(CCNC(=O)c3ccc(-c4ccccc4)[nH]3)c(=N)c2cc1OC. The van der Waals surface area contributed by atoms with E-state index in [0.29, 0.717) is 28.1 Å². The van der Waals surface area contributed by atoms with Crippen LogP contribution < -0.4 is 26.0 Å². The highest BCUT2D eigenvalue weighted by Gasteiger charge is 2.12. The third-order valence-corrected chi connectivity index (χ3v) is 5.17. The van der Waals surface area contributed by atoms with Crippen molar-refractivity contribution < 1.29 is 14.3 Å². The van der Waals surface area contributed by atoms with Gasteiger partial charge in [0.2, 0.25) is 0 Å². The number of amides is 1. The van der Waals surface area contributed by atoms with E-state index in [0.717, 1.165) is 11.3 Å². The number of carbonyl (C=O) groups excluding carboxylic acids is 1. The zero-order valence-electron chi connectivity index (χ0n) is 17.7. The lowest BCUT2D eigenvalue weighted by molar-refractivity contribution is 0.0947. The van der Waals surface area contributed by atoms with Crippen LogP contribution in [0, 0.1) is 5.41 Å². The molecule has 4 aromatic rings. The van der Waals surface area contributed by atoms with Gasteiger partial charge in [-0.1, -0.05) is 30.3 Å². The number of methoxy groups -OCH3 is 2. The van der Waals surface area contributed by atoms with Crippen LogP contribution in [0.2, 0.25) is 0 Å². The minimum Gasteiger partial charge on any atom is -0.493 e. The average Bonchev–Trinajstić information content (AvgIpc) is 3.31. The van der Waals surface area contributed by atoms with Gasteiger partial charge in [0.1, 0.15) is 11.2 Å². The number of nitrogens with zero attached hydrogens (tertiary/aromatic N) is 1. The summed E-state index contributed by atoms with van der Waals surface area (Å²) >= 11 is 0. The van der Waals surface area contributed by atoms with Gasteiger partial charge in [0, 0.05) is 30.2 Å². The van der Waals surface area contributed by atoms with Crippen LogP contribution in [-0.4, -0.2) is 41.2 Å². The lowest BCUT2D eigenvalue weighted by atomic mass is 10.2. The summed E-state index contributed by atoms with van der Waals surface area (Å²) in [6.45, 7) is 0.313. The predicted molar refractivity (Wildman–Crippen MR) is 120 cm³/mol. The van der Waals surface area contributed by atoms with Crippen LogP contribution in [0.3, 0.4) is 0 Å². The molecule has 0 unspecified atom stereocenters. The van der Waals surface area contributed by atoms with Gasteiger partial charge < -0.3 is 24.8 Å².